The second-order valence-corrected chi connectivity index (χ2v) is 21.9. The molecule has 0 bridgehead atoms. The number of aromatic amines is 1. The first-order valence-corrected chi connectivity index (χ1v) is 30.4. The fourth-order valence-corrected chi connectivity index (χ4v) is 9.85. The second kappa shape index (κ2) is 42.0. The lowest BCUT2D eigenvalue weighted by molar-refractivity contribution is -0.130. The van der Waals surface area contributed by atoms with Gasteiger partial charge in [-0.1, -0.05) is 226 Å². The van der Waals surface area contributed by atoms with E-state index in [1.807, 2.05) is 44.2 Å². The van der Waals surface area contributed by atoms with Crippen LogP contribution in [0.3, 0.4) is 0 Å². The summed E-state index contributed by atoms with van der Waals surface area (Å²) in [7, 11) is -4.74. The predicted molar refractivity (Wildman–Crippen MR) is 294 cm³/mol. The van der Waals surface area contributed by atoms with E-state index in [2.05, 4.69) is 40.1 Å². The summed E-state index contributed by atoms with van der Waals surface area (Å²) in [6, 6.07) is 7.48. The lowest BCUT2D eigenvalue weighted by atomic mass is 9.98. The van der Waals surface area contributed by atoms with E-state index < -0.39 is 51.0 Å². The van der Waals surface area contributed by atoms with E-state index >= 15 is 0 Å². The number of carbonyl (C=O) groups is 4. The van der Waals surface area contributed by atoms with Gasteiger partial charge < -0.3 is 36.3 Å². The minimum atomic E-state index is -4.74. The zero-order valence-electron chi connectivity index (χ0n) is 45.6. The highest BCUT2D eigenvalue weighted by molar-refractivity contribution is 7.47. The van der Waals surface area contributed by atoms with Gasteiger partial charge in [0.1, 0.15) is 12.1 Å². The van der Waals surface area contributed by atoms with Gasteiger partial charge in [-0.2, -0.15) is 0 Å². The summed E-state index contributed by atoms with van der Waals surface area (Å²) in [4.78, 5) is 66.5. The minimum absolute atomic E-state index is 0.0590. The van der Waals surface area contributed by atoms with Crippen LogP contribution in [0.15, 0.2) is 30.3 Å². The lowest BCUT2D eigenvalue weighted by Crippen LogP contribution is -2.51. The van der Waals surface area contributed by atoms with Gasteiger partial charge in [0.25, 0.3) is 0 Å². The maximum absolute atomic E-state index is 13.4. The summed E-state index contributed by atoms with van der Waals surface area (Å²) in [5.74, 6) is -1.95. The number of fused-ring (bicyclic) bond motifs is 1. The van der Waals surface area contributed by atoms with Gasteiger partial charge in [-0.3, -0.25) is 28.2 Å². The average Bonchev–Trinajstić information content (AvgIpc) is 3.77. The first-order chi connectivity index (χ1) is 34.9. The van der Waals surface area contributed by atoms with Crippen LogP contribution < -0.4 is 21.3 Å². The SMILES string of the molecule is CCCCCCCCCCCCCCCCCCCC(=O)N[C@@H](COP(=O)(O)OCCNC(=O)[C@@H](NC(=O)Cc1cc2ccccc2[nH]1)[C@@H](C)CC)C(=O)NCCC(O)CCCCCCCCCCCCC. The van der Waals surface area contributed by atoms with Crippen molar-refractivity contribution in [3.05, 3.63) is 36.0 Å². The lowest BCUT2D eigenvalue weighted by Gasteiger charge is -2.24. The first kappa shape index (κ1) is 64.8. The number of unbranched alkanes of at least 4 members (excludes halogenated alkanes) is 26. The Kier molecular flexibility index (Phi) is 37.8. The Labute approximate surface area is 435 Å². The Morgan fingerprint density at radius 3 is 1.64 bits per heavy atom. The van der Waals surface area contributed by atoms with Crippen LogP contribution in [0.4, 0.5) is 0 Å². The molecular weight excluding hydrogens is 930 g/mol. The molecule has 4 amide bonds. The molecule has 15 heteroatoms. The zero-order valence-corrected chi connectivity index (χ0v) is 46.5. The first-order valence-electron chi connectivity index (χ1n) is 28.9. The number of nitrogens with one attached hydrogen (secondary N) is 5. The Hall–Kier alpha value is -3.29. The Balaban J connectivity index is 1.79. The van der Waals surface area contributed by atoms with Crippen LogP contribution in [0, 0.1) is 5.92 Å². The van der Waals surface area contributed by atoms with E-state index in [1.54, 1.807) is 0 Å². The number of amides is 4. The molecule has 2 aromatic rings. The van der Waals surface area contributed by atoms with E-state index in [1.165, 1.54) is 135 Å². The summed E-state index contributed by atoms with van der Waals surface area (Å²) >= 11 is 0. The smallest absolute Gasteiger partial charge is 0.393 e. The molecule has 0 aliphatic carbocycles. The molecule has 1 heterocycles. The van der Waals surface area contributed by atoms with Gasteiger partial charge in [0.05, 0.1) is 25.7 Å². The van der Waals surface area contributed by atoms with Crippen molar-refractivity contribution in [1.82, 2.24) is 26.3 Å². The molecule has 2 rings (SSSR count). The number of aromatic nitrogens is 1. The fourth-order valence-electron chi connectivity index (χ4n) is 9.11. The zero-order chi connectivity index (χ0) is 52.5. The van der Waals surface area contributed by atoms with Crippen molar-refractivity contribution in [2.24, 2.45) is 5.92 Å². The van der Waals surface area contributed by atoms with Crippen LogP contribution in [-0.2, 0) is 39.2 Å². The number of phosphoric acid groups is 1. The van der Waals surface area contributed by atoms with E-state index in [0.29, 0.717) is 25.7 Å². The second-order valence-electron chi connectivity index (χ2n) is 20.5. The molecule has 0 saturated heterocycles. The van der Waals surface area contributed by atoms with Crippen LogP contribution in [-0.4, -0.2) is 83.1 Å². The van der Waals surface area contributed by atoms with Gasteiger partial charge in [-0.15, -0.1) is 0 Å². The fraction of sp³-hybridized carbons (Fsp3) is 0.789. The number of para-hydroxylation sites is 1. The molecule has 414 valence electrons. The molecular formula is C57H102N5O9P. The van der Waals surface area contributed by atoms with Crippen LogP contribution in [0.5, 0.6) is 0 Å². The molecule has 0 radical (unpaired) electrons. The molecule has 0 aliphatic rings. The van der Waals surface area contributed by atoms with Gasteiger partial charge >= 0.3 is 7.82 Å². The number of benzene rings is 1. The molecule has 2 unspecified atom stereocenters. The topological polar surface area (TPSA) is 208 Å². The number of aliphatic hydroxyl groups excluding tert-OH is 1. The summed E-state index contributed by atoms with van der Waals surface area (Å²) in [6.07, 6.45) is 35.6. The van der Waals surface area contributed by atoms with Crippen LogP contribution in [0.1, 0.15) is 239 Å². The molecule has 0 spiro atoms. The largest absolute Gasteiger partial charge is 0.472 e. The molecule has 14 nitrogen and oxygen atoms in total. The Morgan fingerprint density at radius 2 is 1.11 bits per heavy atom. The molecule has 0 saturated carbocycles. The Morgan fingerprint density at radius 1 is 0.611 bits per heavy atom. The quantitative estimate of drug-likeness (QED) is 0.0248. The van der Waals surface area contributed by atoms with Crippen molar-refractivity contribution >= 4 is 42.4 Å². The number of carbonyl (C=O) groups excluding carboxylic acids is 4. The van der Waals surface area contributed by atoms with Crippen molar-refractivity contribution in [2.45, 2.75) is 258 Å². The number of rotatable bonds is 48. The Bertz CT molecular complexity index is 1730. The van der Waals surface area contributed by atoms with E-state index in [0.717, 1.165) is 55.1 Å². The maximum Gasteiger partial charge on any atom is 0.472 e. The number of aliphatic hydroxyl groups is 1. The standard InChI is InChI=1S/C57H102N5O9P/c1-5-8-10-12-14-16-18-19-20-21-22-23-25-27-29-31-33-39-53(64)61-52(56(66)58-41-40-50(63)37-32-30-28-26-24-17-15-13-11-9-6-2)46-71-72(68,69)70-43-42-59-57(67)55(47(4)7-3)62-54(65)45-49-44-48-36-34-35-38-51(48)60-49/h34-36,38,44,47,50,52,55,60,63H,5-33,37,39-43,45-46H2,1-4H3,(H,58,66)(H,59,67)(H,61,64)(H,62,65)(H,68,69)/t47-,50?,52-,55-/m0/s1. The normalized spacial score (nSPS) is 14.1. The highest BCUT2D eigenvalue weighted by atomic mass is 31.2. The third kappa shape index (κ3) is 32.8. The number of phosphoric ester groups is 1. The van der Waals surface area contributed by atoms with Crippen molar-refractivity contribution < 1.29 is 42.8 Å². The van der Waals surface area contributed by atoms with Crippen molar-refractivity contribution in [3.63, 3.8) is 0 Å². The van der Waals surface area contributed by atoms with Crippen molar-refractivity contribution in [2.75, 3.05) is 26.3 Å². The highest BCUT2D eigenvalue weighted by Gasteiger charge is 2.29. The molecule has 0 fully saturated rings. The van der Waals surface area contributed by atoms with Crippen LogP contribution in [0.25, 0.3) is 10.9 Å². The third-order valence-corrected chi connectivity index (χ3v) is 14.9. The van der Waals surface area contributed by atoms with Crippen LogP contribution >= 0.6 is 7.82 Å². The summed E-state index contributed by atoms with van der Waals surface area (Å²) in [5, 5.41) is 22.6. The average molecular weight is 1030 g/mol. The molecule has 1 aromatic carbocycles. The predicted octanol–water partition coefficient (Wildman–Crippen LogP) is 12.6. The number of H-pyrrole nitrogens is 1. The minimum Gasteiger partial charge on any atom is -0.393 e. The van der Waals surface area contributed by atoms with E-state index in [4.69, 9.17) is 9.05 Å². The number of hydrogen-bond acceptors (Lipinski definition) is 8. The molecule has 1 aromatic heterocycles. The summed E-state index contributed by atoms with van der Waals surface area (Å²) in [5.41, 5.74) is 1.63. The summed E-state index contributed by atoms with van der Waals surface area (Å²) in [6.45, 7) is 7.26. The van der Waals surface area contributed by atoms with Gasteiger partial charge in [0.2, 0.25) is 23.6 Å². The van der Waals surface area contributed by atoms with Crippen LogP contribution in [0.2, 0.25) is 0 Å². The number of hydrogen-bond donors (Lipinski definition) is 7. The molecule has 5 atom stereocenters. The van der Waals surface area contributed by atoms with Crippen molar-refractivity contribution in [3.8, 4) is 0 Å². The van der Waals surface area contributed by atoms with Crippen molar-refractivity contribution in [1.29, 1.82) is 0 Å². The van der Waals surface area contributed by atoms with E-state index in [-0.39, 0.29) is 43.7 Å². The van der Waals surface area contributed by atoms with Gasteiger partial charge in [0.15, 0.2) is 0 Å². The maximum atomic E-state index is 13.4. The molecule has 0 aliphatic heterocycles. The van der Waals surface area contributed by atoms with Gasteiger partial charge in [-0.05, 0) is 42.7 Å². The van der Waals surface area contributed by atoms with E-state index in [9.17, 15) is 33.7 Å². The monoisotopic (exact) mass is 1030 g/mol. The third-order valence-electron chi connectivity index (χ3n) is 13.9. The molecule has 7 N–H and O–H groups in total. The summed E-state index contributed by atoms with van der Waals surface area (Å²) < 4.78 is 23.4. The molecule has 72 heavy (non-hydrogen) atoms. The highest BCUT2D eigenvalue weighted by Crippen LogP contribution is 2.43. The van der Waals surface area contributed by atoms with Gasteiger partial charge in [-0.25, -0.2) is 4.57 Å². The van der Waals surface area contributed by atoms with Gasteiger partial charge in [0, 0.05) is 30.7 Å².